The average molecular weight is 331 g/mol. The van der Waals surface area contributed by atoms with Crippen LogP contribution in [0.15, 0.2) is 0 Å². The van der Waals surface area contributed by atoms with Gasteiger partial charge in [-0.3, -0.25) is 0 Å². The highest BCUT2D eigenvalue weighted by Gasteiger charge is 2.24. The monoisotopic (exact) mass is 331 g/mol. The van der Waals surface area contributed by atoms with E-state index in [-0.39, 0.29) is 0 Å². The van der Waals surface area contributed by atoms with E-state index in [0.29, 0.717) is 5.92 Å². The van der Waals surface area contributed by atoms with Crippen LogP contribution in [0.4, 0.5) is 5.82 Å². The molecule has 4 heteroatoms. The number of rotatable bonds is 4. The molecule has 16 heavy (non-hydrogen) atoms. The SMILES string of the molecule is CNc1nc(CC2CC2)nc(C(C)C)c1I. The second-order valence-corrected chi connectivity index (χ2v) is 5.82. The predicted molar refractivity (Wildman–Crippen MR) is 74.8 cm³/mol. The molecule has 1 aliphatic rings. The van der Waals surface area contributed by atoms with Gasteiger partial charge in [-0.2, -0.15) is 0 Å². The van der Waals surface area contributed by atoms with E-state index in [0.717, 1.165) is 27.6 Å². The van der Waals surface area contributed by atoms with Crippen molar-refractivity contribution < 1.29 is 0 Å². The van der Waals surface area contributed by atoms with Crippen molar-refractivity contribution in [2.75, 3.05) is 12.4 Å². The highest BCUT2D eigenvalue weighted by molar-refractivity contribution is 14.1. The summed E-state index contributed by atoms with van der Waals surface area (Å²) in [5.74, 6) is 3.29. The normalized spacial score (nSPS) is 15.6. The second kappa shape index (κ2) is 4.85. The Balaban J connectivity index is 2.34. The Hall–Kier alpha value is -0.390. The van der Waals surface area contributed by atoms with E-state index < -0.39 is 0 Å². The zero-order valence-electron chi connectivity index (χ0n) is 10.0. The first-order valence-electron chi connectivity index (χ1n) is 5.86. The van der Waals surface area contributed by atoms with E-state index >= 15 is 0 Å². The molecule has 0 saturated heterocycles. The first-order valence-corrected chi connectivity index (χ1v) is 6.93. The number of aromatic nitrogens is 2. The van der Waals surface area contributed by atoms with Gasteiger partial charge in [-0.25, -0.2) is 9.97 Å². The minimum absolute atomic E-state index is 0.458. The first kappa shape index (κ1) is 12.1. The molecule has 1 saturated carbocycles. The lowest BCUT2D eigenvalue weighted by Crippen LogP contribution is -2.09. The molecule has 1 fully saturated rings. The molecular formula is C12H18IN3. The van der Waals surface area contributed by atoms with E-state index in [1.54, 1.807) is 0 Å². The second-order valence-electron chi connectivity index (χ2n) is 4.74. The summed E-state index contributed by atoms with van der Waals surface area (Å²) >= 11 is 2.33. The van der Waals surface area contributed by atoms with Crippen LogP contribution >= 0.6 is 22.6 Å². The molecule has 0 spiro atoms. The van der Waals surface area contributed by atoms with E-state index in [2.05, 4.69) is 46.7 Å². The van der Waals surface area contributed by atoms with Gasteiger partial charge >= 0.3 is 0 Å². The van der Waals surface area contributed by atoms with Gasteiger partial charge < -0.3 is 5.32 Å². The Labute approximate surface area is 111 Å². The van der Waals surface area contributed by atoms with Gasteiger partial charge in [-0.05, 0) is 47.3 Å². The molecule has 1 aliphatic carbocycles. The van der Waals surface area contributed by atoms with Gasteiger partial charge in [0.2, 0.25) is 0 Å². The van der Waals surface area contributed by atoms with Gasteiger partial charge in [0.15, 0.2) is 0 Å². The molecule has 1 heterocycles. The third-order valence-corrected chi connectivity index (χ3v) is 3.94. The van der Waals surface area contributed by atoms with E-state index in [9.17, 15) is 0 Å². The van der Waals surface area contributed by atoms with Crippen molar-refractivity contribution in [1.82, 2.24) is 9.97 Å². The van der Waals surface area contributed by atoms with Gasteiger partial charge in [0, 0.05) is 13.5 Å². The van der Waals surface area contributed by atoms with Gasteiger partial charge in [-0.15, -0.1) is 0 Å². The van der Waals surface area contributed by atoms with Crippen molar-refractivity contribution >= 4 is 28.4 Å². The van der Waals surface area contributed by atoms with E-state index in [4.69, 9.17) is 4.98 Å². The molecule has 0 atom stereocenters. The Morgan fingerprint density at radius 2 is 2.06 bits per heavy atom. The summed E-state index contributed by atoms with van der Waals surface area (Å²) in [6.07, 6.45) is 3.74. The molecule has 2 rings (SSSR count). The maximum absolute atomic E-state index is 4.70. The smallest absolute Gasteiger partial charge is 0.143 e. The van der Waals surface area contributed by atoms with Crippen molar-refractivity contribution in [1.29, 1.82) is 0 Å². The molecule has 0 unspecified atom stereocenters. The lowest BCUT2D eigenvalue weighted by molar-refractivity contribution is 0.729. The zero-order valence-corrected chi connectivity index (χ0v) is 12.2. The quantitative estimate of drug-likeness (QED) is 0.861. The highest BCUT2D eigenvalue weighted by Crippen LogP contribution is 2.33. The molecule has 1 aromatic rings. The van der Waals surface area contributed by atoms with Crippen molar-refractivity contribution in [2.45, 2.75) is 39.0 Å². The number of hydrogen-bond acceptors (Lipinski definition) is 3. The molecule has 0 bridgehead atoms. The molecule has 1 aromatic heterocycles. The number of nitrogens with one attached hydrogen (secondary N) is 1. The third-order valence-electron chi connectivity index (χ3n) is 2.88. The van der Waals surface area contributed by atoms with Crippen LogP contribution in [0.2, 0.25) is 0 Å². The van der Waals surface area contributed by atoms with Crippen LogP contribution in [0.3, 0.4) is 0 Å². The van der Waals surface area contributed by atoms with Gasteiger partial charge in [0.05, 0.1) is 9.26 Å². The van der Waals surface area contributed by atoms with Crippen LogP contribution in [-0.4, -0.2) is 17.0 Å². The van der Waals surface area contributed by atoms with Crippen LogP contribution in [0.25, 0.3) is 0 Å². The molecule has 88 valence electrons. The van der Waals surface area contributed by atoms with Crippen LogP contribution in [-0.2, 0) is 6.42 Å². The summed E-state index contributed by atoms with van der Waals surface area (Å²) < 4.78 is 1.16. The van der Waals surface area contributed by atoms with E-state index in [1.165, 1.54) is 18.5 Å². The minimum atomic E-state index is 0.458. The Morgan fingerprint density at radius 3 is 2.56 bits per heavy atom. The van der Waals surface area contributed by atoms with Crippen molar-refractivity contribution in [2.24, 2.45) is 5.92 Å². The third kappa shape index (κ3) is 2.64. The number of nitrogens with zero attached hydrogens (tertiary/aromatic N) is 2. The Morgan fingerprint density at radius 1 is 1.38 bits per heavy atom. The maximum atomic E-state index is 4.70. The van der Waals surface area contributed by atoms with Crippen molar-refractivity contribution in [3.63, 3.8) is 0 Å². The predicted octanol–water partition coefficient (Wildman–Crippen LogP) is 3.20. The number of anilines is 1. The maximum Gasteiger partial charge on any atom is 0.143 e. The number of halogens is 1. The summed E-state index contributed by atoms with van der Waals surface area (Å²) in [7, 11) is 1.93. The molecule has 3 nitrogen and oxygen atoms in total. The van der Waals surface area contributed by atoms with Crippen LogP contribution in [0, 0.1) is 9.49 Å². The Bertz CT molecular complexity index is 386. The van der Waals surface area contributed by atoms with Crippen LogP contribution in [0.1, 0.15) is 44.1 Å². The fourth-order valence-electron chi connectivity index (χ4n) is 1.73. The lowest BCUT2D eigenvalue weighted by atomic mass is 10.1. The summed E-state index contributed by atoms with van der Waals surface area (Å²) in [4.78, 5) is 9.29. The molecule has 0 aliphatic heterocycles. The minimum Gasteiger partial charge on any atom is -0.372 e. The topological polar surface area (TPSA) is 37.8 Å². The van der Waals surface area contributed by atoms with Crippen LogP contribution < -0.4 is 5.32 Å². The molecule has 0 radical (unpaired) electrons. The largest absolute Gasteiger partial charge is 0.372 e. The summed E-state index contributed by atoms with van der Waals surface area (Å²) in [5.41, 5.74) is 1.18. The summed E-state index contributed by atoms with van der Waals surface area (Å²) in [5, 5.41) is 3.17. The van der Waals surface area contributed by atoms with Gasteiger partial charge in [-0.1, -0.05) is 13.8 Å². The fraction of sp³-hybridized carbons (Fsp3) is 0.667. The molecule has 0 amide bonds. The number of hydrogen-bond donors (Lipinski definition) is 1. The first-order chi connectivity index (χ1) is 7.61. The molecule has 1 N–H and O–H groups in total. The van der Waals surface area contributed by atoms with Crippen molar-refractivity contribution in [3.8, 4) is 0 Å². The lowest BCUT2D eigenvalue weighted by Gasteiger charge is -2.13. The van der Waals surface area contributed by atoms with Crippen LogP contribution in [0.5, 0.6) is 0 Å². The molecular weight excluding hydrogens is 313 g/mol. The zero-order chi connectivity index (χ0) is 11.7. The summed E-state index contributed by atoms with van der Waals surface area (Å²) in [6.45, 7) is 4.37. The fourth-order valence-corrected chi connectivity index (χ4v) is 2.87. The van der Waals surface area contributed by atoms with Gasteiger partial charge in [0.25, 0.3) is 0 Å². The highest BCUT2D eigenvalue weighted by atomic mass is 127. The Kier molecular flexibility index (Phi) is 3.66. The average Bonchev–Trinajstić information content (AvgIpc) is 3.03. The van der Waals surface area contributed by atoms with Crippen molar-refractivity contribution in [3.05, 3.63) is 15.1 Å². The molecule has 0 aromatic carbocycles. The van der Waals surface area contributed by atoms with Gasteiger partial charge in [0.1, 0.15) is 11.6 Å². The standard InChI is InChI=1S/C12H18IN3/c1-7(2)11-10(13)12(14-3)16-9(15-11)6-8-4-5-8/h7-8H,4-6H2,1-3H3,(H,14,15,16). The summed E-state index contributed by atoms with van der Waals surface area (Å²) in [6, 6.07) is 0. The van der Waals surface area contributed by atoms with E-state index in [1.807, 2.05) is 7.05 Å².